The van der Waals surface area contributed by atoms with Crippen LogP contribution < -0.4 is 5.32 Å². The number of benzene rings is 1. The number of fused-ring (bicyclic) bond motifs is 3. The highest BCUT2D eigenvalue weighted by molar-refractivity contribution is 9.10. The first kappa shape index (κ1) is 26.5. The molecule has 0 radical (unpaired) electrons. The highest BCUT2D eigenvalue weighted by Crippen LogP contribution is 2.65. The Hall–Kier alpha value is -3.14. The predicted molar refractivity (Wildman–Crippen MR) is 138 cm³/mol. The van der Waals surface area contributed by atoms with E-state index >= 15 is 0 Å². The third-order valence-corrected chi connectivity index (χ3v) is 9.37. The van der Waals surface area contributed by atoms with E-state index in [1.165, 1.54) is 19.6 Å². The van der Waals surface area contributed by atoms with Gasteiger partial charge in [-0.2, -0.15) is 0 Å². The molecule has 1 saturated heterocycles. The molecule has 10 heteroatoms. The van der Waals surface area contributed by atoms with Crippen molar-refractivity contribution in [3.05, 3.63) is 52.9 Å². The highest BCUT2D eigenvalue weighted by atomic mass is 79.9. The summed E-state index contributed by atoms with van der Waals surface area (Å²) in [6.45, 7) is 3.84. The van der Waals surface area contributed by atoms with Gasteiger partial charge in [0.05, 0.1) is 31.5 Å². The minimum atomic E-state index is -1.17. The molecule has 38 heavy (non-hydrogen) atoms. The molecule has 7 atom stereocenters. The summed E-state index contributed by atoms with van der Waals surface area (Å²) in [6, 6.07) is 8.66. The second-order valence-corrected chi connectivity index (χ2v) is 11.9. The number of furan rings is 1. The van der Waals surface area contributed by atoms with Crippen molar-refractivity contribution in [2.45, 2.75) is 51.7 Å². The van der Waals surface area contributed by atoms with Crippen molar-refractivity contribution >= 4 is 45.4 Å². The minimum absolute atomic E-state index is 0.0165. The molecule has 0 unspecified atom stereocenters. The molecule has 2 saturated carbocycles. The average Bonchev–Trinajstić information content (AvgIpc) is 3.41. The fourth-order valence-corrected chi connectivity index (χ4v) is 7.34. The third kappa shape index (κ3) is 4.42. The molecule has 1 aromatic carbocycles. The van der Waals surface area contributed by atoms with Crippen molar-refractivity contribution in [2.75, 3.05) is 12.4 Å². The van der Waals surface area contributed by atoms with E-state index in [0.29, 0.717) is 30.5 Å². The molecule has 2 aromatic rings. The largest absolute Gasteiger partial charge is 0.472 e. The van der Waals surface area contributed by atoms with Crippen molar-refractivity contribution < 1.29 is 37.8 Å². The zero-order valence-electron chi connectivity index (χ0n) is 21.4. The summed E-state index contributed by atoms with van der Waals surface area (Å²) in [5.74, 6) is -3.07. The summed E-state index contributed by atoms with van der Waals surface area (Å²) in [5.41, 5.74) is -0.410. The number of ether oxygens (including phenoxy) is 3. The van der Waals surface area contributed by atoms with E-state index in [2.05, 4.69) is 21.2 Å². The van der Waals surface area contributed by atoms with Crippen molar-refractivity contribution in [3.8, 4) is 0 Å². The molecule has 1 aromatic heterocycles. The molecule has 1 aliphatic heterocycles. The van der Waals surface area contributed by atoms with Crippen LogP contribution >= 0.6 is 15.9 Å². The Balaban J connectivity index is 1.48. The smallest absolute Gasteiger partial charge is 0.412 e. The topological polar surface area (TPSA) is 121 Å². The number of esters is 2. The van der Waals surface area contributed by atoms with Crippen LogP contribution in [-0.4, -0.2) is 37.0 Å². The van der Waals surface area contributed by atoms with Crippen molar-refractivity contribution in [1.82, 2.24) is 0 Å². The maximum absolute atomic E-state index is 14.2. The zero-order chi connectivity index (χ0) is 27.2. The lowest BCUT2D eigenvalue weighted by Crippen LogP contribution is -2.64. The van der Waals surface area contributed by atoms with Gasteiger partial charge >= 0.3 is 18.0 Å². The Morgan fingerprint density at radius 1 is 1.11 bits per heavy atom. The van der Waals surface area contributed by atoms with Crippen LogP contribution in [0.2, 0.25) is 0 Å². The number of nitrogens with one attached hydrogen (secondary N) is 1. The van der Waals surface area contributed by atoms with Gasteiger partial charge in [-0.3, -0.25) is 19.7 Å². The first-order chi connectivity index (χ1) is 18.1. The van der Waals surface area contributed by atoms with E-state index in [4.69, 9.17) is 18.6 Å². The summed E-state index contributed by atoms with van der Waals surface area (Å²) in [4.78, 5) is 53.3. The molecule has 2 heterocycles. The molecule has 3 fully saturated rings. The SMILES string of the molecule is COC(=O)[C@@H]1C[C@H](OC(=O)Nc2ccc(Br)cc2)C(=O)[C@H]2[C@@]1(C)CC[C@H]1C(=O)O[C@H](c3ccoc3)C[C@]21C. The van der Waals surface area contributed by atoms with Crippen LogP contribution in [0.25, 0.3) is 0 Å². The number of amides is 1. The van der Waals surface area contributed by atoms with Crippen LogP contribution in [0.15, 0.2) is 51.7 Å². The van der Waals surface area contributed by atoms with E-state index in [0.717, 1.165) is 4.47 Å². The third-order valence-electron chi connectivity index (χ3n) is 8.84. The number of rotatable bonds is 4. The second-order valence-electron chi connectivity index (χ2n) is 11.0. The lowest BCUT2D eigenvalue weighted by Gasteiger charge is -2.60. The van der Waals surface area contributed by atoms with Crippen LogP contribution in [-0.2, 0) is 28.6 Å². The number of hydrogen-bond acceptors (Lipinski definition) is 8. The molecule has 1 amide bonds. The van der Waals surface area contributed by atoms with Crippen molar-refractivity contribution in [2.24, 2.45) is 28.6 Å². The molecular formula is C28H30BrNO8. The van der Waals surface area contributed by atoms with Gasteiger partial charge in [-0.1, -0.05) is 29.8 Å². The fourth-order valence-electron chi connectivity index (χ4n) is 7.07. The van der Waals surface area contributed by atoms with Crippen molar-refractivity contribution in [1.29, 1.82) is 0 Å². The molecule has 5 rings (SSSR count). The molecular weight excluding hydrogens is 558 g/mol. The van der Waals surface area contributed by atoms with Crippen LogP contribution in [0, 0.1) is 28.6 Å². The number of methoxy groups -OCH3 is 1. The molecule has 2 aliphatic carbocycles. The molecule has 1 N–H and O–H groups in total. The molecule has 202 valence electrons. The second kappa shape index (κ2) is 9.87. The predicted octanol–water partition coefficient (Wildman–Crippen LogP) is 5.45. The first-order valence-corrected chi connectivity index (χ1v) is 13.4. The first-order valence-electron chi connectivity index (χ1n) is 12.6. The molecule has 0 spiro atoms. The Bertz CT molecular complexity index is 1240. The number of cyclic esters (lactones) is 1. The normalized spacial score (nSPS) is 34.4. The lowest BCUT2D eigenvalue weighted by molar-refractivity contribution is -0.207. The van der Waals surface area contributed by atoms with Gasteiger partial charge in [0.15, 0.2) is 11.9 Å². The van der Waals surface area contributed by atoms with E-state index in [1.807, 2.05) is 13.8 Å². The van der Waals surface area contributed by atoms with Gasteiger partial charge in [0, 0.05) is 28.1 Å². The Morgan fingerprint density at radius 3 is 2.50 bits per heavy atom. The summed E-state index contributed by atoms with van der Waals surface area (Å²) < 4.78 is 22.6. The van der Waals surface area contributed by atoms with Gasteiger partial charge in [0.25, 0.3) is 0 Å². The number of Topliss-reactive ketones (excluding diaryl/α,β-unsaturated/α-hetero) is 1. The van der Waals surface area contributed by atoms with Gasteiger partial charge in [-0.05, 0) is 60.4 Å². The van der Waals surface area contributed by atoms with E-state index in [-0.39, 0.29) is 18.2 Å². The Labute approximate surface area is 228 Å². The van der Waals surface area contributed by atoms with E-state index in [1.54, 1.807) is 30.3 Å². The fraction of sp³-hybridized carbons (Fsp3) is 0.500. The van der Waals surface area contributed by atoms with Gasteiger partial charge in [-0.15, -0.1) is 0 Å². The minimum Gasteiger partial charge on any atom is -0.472 e. The van der Waals surface area contributed by atoms with Crippen LogP contribution in [0.1, 0.15) is 51.2 Å². The Kier molecular flexibility index (Phi) is 6.87. The zero-order valence-corrected chi connectivity index (χ0v) is 23.0. The van der Waals surface area contributed by atoms with Gasteiger partial charge in [-0.25, -0.2) is 4.79 Å². The Morgan fingerprint density at radius 2 is 1.84 bits per heavy atom. The number of anilines is 1. The average molecular weight is 588 g/mol. The molecule has 3 aliphatic rings. The monoisotopic (exact) mass is 587 g/mol. The summed E-state index contributed by atoms with van der Waals surface area (Å²) >= 11 is 3.35. The van der Waals surface area contributed by atoms with Gasteiger partial charge < -0.3 is 18.6 Å². The standard InChI is InChI=1S/C28H30BrNO8/c1-27-10-8-18-25(33)37-21(15-9-11-36-14-15)13-28(18,2)23(27)22(31)20(12-19(27)24(32)35-3)38-26(34)30-17-6-4-16(29)5-7-17/h4-7,9,11,14,18-21,23H,8,10,12-13H2,1-3H3,(H,30,34)/t18-,19-,20-,21-,23-,27-,28-/m0/s1. The van der Waals surface area contributed by atoms with E-state index < -0.39 is 52.9 Å². The summed E-state index contributed by atoms with van der Waals surface area (Å²) in [5, 5.41) is 2.64. The van der Waals surface area contributed by atoms with Crippen LogP contribution in [0.5, 0.6) is 0 Å². The van der Waals surface area contributed by atoms with Gasteiger partial charge in [0.2, 0.25) is 0 Å². The molecule has 0 bridgehead atoms. The summed E-state index contributed by atoms with van der Waals surface area (Å²) in [7, 11) is 1.31. The maximum atomic E-state index is 14.2. The van der Waals surface area contributed by atoms with Crippen LogP contribution in [0.3, 0.4) is 0 Å². The highest BCUT2D eigenvalue weighted by Gasteiger charge is 2.67. The van der Waals surface area contributed by atoms with Gasteiger partial charge in [0.1, 0.15) is 6.10 Å². The van der Waals surface area contributed by atoms with E-state index in [9.17, 15) is 19.2 Å². The number of carbonyl (C=O) groups is 4. The number of ketones is 1. The number of halogens is 1. The molecule has 9 nitrogen and oxygen atoms in total. The maximum Gasteiger partial charge on any atom is 0.412 e. The summed E-state index contributed by atoms with van der Waals surface area (Å²) in [6.07, 6.45) is 1.82. The number of hydrogen-bond donors (Lipinski definition) is 1. The lowest BCUT2D eigenvalue weighted by atomic mass is 9.43. The quantitative estimate of drug-likeness (QED) is 0.370. The van der Waals surface area contributed by atoms with Crippen LogP contribution in [0.4, 0.5) is 10.5 Å². The number of carbonyl (C=O) groups excluding carboxylic acids is 4. The van der Waals surface area contributed by atoms with Crippen molar-refractivity contribution in [3.63, 3.8) is 0 Å².